The van der Waals surface area contributed by atoms with Gasteiger partial charge in [-0.05, 0) is 96.8 Å². The molecule has 5 N–H and O–H groups in total. The number of benzene rings is 1. The molecule has 4 rings (SSSR count). The molecule has 0 bridgehead atoms. The molecule has 1 aliphatic rings. The van der Waals surface area contributed by atoms with Crippen molar-refractivity contribution in [3.05, 3.63) is 74.6 Å². The molecule has 1 fully saturated rings. The van der Waals surface area contributed by atoms with Gasteiger partial charge in [-0.1, -0.05) is 24.3 Å². The maximum atomic E-state index is 12.5. The molecule has 0 radical (unpaired) electrons. The van der Waals surface area contributed by atoms with Crippen LogP contribution in [0.25, 0.3) is 10.9 Å². The van der Waals surface area contributed by atoms with Gasteiger partial charge in [-0.3, -0.25) is 9.59 Å². The average molecular weight is 644 g/mol. The van der Waals surface area contributed by atoms with Crippen molar-refractivity contribution in [2.24, 2.45) is 11.8 Å². The number of amides is 1. The summed E-state index contributed by atoms with van der Waals surface area (Å²) in [7, 11) is 0. The number of aryl methyl sites for hydroxylation is 2. The SMILES string of the molecule is Cc1cc(CC[C@H](O)C=C[C@H]2[C@H](O)CC(=O)[C@@H]2CC=CCCCC(=O)NCCc2c[nH]c3ccc(O)cc23)sc1Br. The second-order valence-electron chi connectivity index (χ2n) is 10.8. The summed E-state index contributed by atoms with van der Waals surface area (Å²) in [6, 6.07) is 7.33. The van der Waals surface area contributed by atoms with Crippen LogP contribution >= 0.6 is 27.3 Å². The Morgan fingerprint density at radius 2 is 2.10 bits per heavy atom. The molecule has 1 aromatic carbocycles. The molecule has 220 valence electrons. The summed E-state index contributed by atoms with van der Waals surface area (Å²) in [5, 5.41) is 34.5. The molecule has 0 unspecified atom stereocenters. The lowest BCUT2D eigenvalue weighted by atomic mass is 9.90. The predicted molar refractivity (Wildman–Crippen MR) is 167 cm³/mol. The first-order valence-corrected chi connectivity index (χ1v) is 15.8. The number of unbranched alkanes of at least 4 members (excludes halogenated alkanes) is 1. The highest BCUT2D eigenvalue weighted by atomic mass is 79.9. The Hall–Kier alpha value is -2.72. The molecule has 2 heterocycles. The molecule has 1 aliphatic carbocycles. The number of aromatic hydroxyl groups is 1. The Morgan fingerprint density at radius 3 is 2.88 bits per heavy atom. The Bertz CT molecular complexity index is 1370. The van der Waals surface area contributed by atoms with Crippen LogP contribution in [0.3, 0.4) is 0 Å². The summed E-state index contributed by atoms with van der Waals surface area (Å²) < 4.78 is 1.12. The van der Waals surface area contributed by atoms with Gasteiger partial charge in [0, 0.05) is 53.2 Å². The van der Waals surface area contributed by atoms with Crippen molar-refractivity contribution in [1.82, 2.24) is 10.3 Å². The molecule has 0 aliphatic heterocycles. The van der Waals surface area contributed by atoms with Crippen LogP contribution in [0.5, 0.6) is 5.75 Å². The fourth-order valence-corrected chi connectivity index (χ4v) is 7.00. The fourth-order valence-electron chi connectivity index (χ4n) is 5.36. The number of H-pyrrole nitrogens is 1. The number of aromatic nitrogens is 1. The fraction of sp³-hybridized carbons (Fsp3) is 0.438. The molecule has 0 saturated heterocycles. The van der Waals surface area contributed by atoms with E-state index in [1.165, 1.54) is 10.4 Å². The van der Waals surface area contributed by atoms with Gasteiger partial charge in [0.15, 0.2) is 0 Å². The Kier molecular flexibility index (Phi) is 11.4. The number of phenols is 1. The summed E-state index contributed by atoms with van der Waals surface area (Å²) in [6.07, 6.45) is 12.6. The third kappa shape index (κ3) is 8.88. The lowest BCUT2D eigenvalue weighted by molar-refractivity contribution is -0.121. The van der Waals surface area contributed by atoms with Crippen LogP contribution in [0.4, 0.5) is 0 Å². The maximum absolute atomic E-state index is 12.5. The third-order valence-corrected chi connectivity index (χ3v) is 9.88. The standard InChI is InChI=1S/C32H39BrN2O5S/c1-20-16-24(41-32(20)33)11-8-22(36)9-12-26-25(29(38)18-30(26)39)6-4-2-3-5-7-31(40)34-15-14-21-19-35-28-13-10-23(37)17-27(21)28/h2,4,9-10,12-13,16-17,19,22,25-26,30,35-37,39H,3,5-8,11,14-15,18H2,1H3,(H,34,40)/t22-,25+,26+,30+/m0/s1. The van der Waals surface area contributed by atoms with Crippen molar-refractivity contribution in [2.45, 2.75) is 70.5 Å². The molecule has 4 atom stereocenters. The smallest absolute Gasteiger partial charge is 0.220 e. The molecule has 0 spiro atoms. The van der Waals surface area contributed by atoms with E-state index in [0.29, 0.717) is 38.6 Å². The molecular formula is C32H39BrN2O5S. The van der Waals surface area contributed by atoms with Gasteiger partial charge in [-0.25, -0.2) is 0 Å². The van der Waals surface area contributed by atoms with Crippen LogP contribution in [0.2, 0.25) is 0 Å². The van der Waals surface area contributed by atoms with Crippen LogP contribution in [-0.4, -0.2) is 50.7 Å². The normalized spacial score (nSPS) is 20.1. The second kappa shape index (κ2) is 15.0. The number of carbonyl (C=O) groups is 2. The number of thiophene rings is 1. The Labute approximate surface area is 253 Å². The lowest BCUT2D eigenvalue weighted by Gasteiger charge is -2.16. The van der Waals surface area contributed by atoms with Gasteiger partial charge >= 0.3 is 0 Å². The van der Waals surface area contributed by atoms with Crippen LogP contribution in [0.15, 0.2) is 58.6 Å². The van der Waals surface area contributed by atoms with Crippen molar-refractivity contribution >= 4 is 49.9 Å². The van der Waals surface area contributed by atoms with Crippen LogP contribution < -0.4 is 5.32 Å². The van der Waals surface area contributed by atoms with Gasteiger partial charge in [0.05, 0.1) is 16.0 Å². The number of nitrogens with one attached hydrogen (secondary N) is 2. The number of ketones is 1. The highest BCUT2D eigenvalue weighted by molar-refractivity contribution is 9.11. The minimum absolute atomic E-state index is 0.000730. The van der Waals surface area contributed by atoms with E-state index in [2.05, 4.69) is 32.3 Å². The number of aliphatic hydroxyl groups is 2. The van der Waals surface area contributed by atoms with Gasteiger partial charge in [0.25, 0.3) is 0 Å². The number of aliphatic hydroxyl groups excluding tert-OH is 2. The number of phenolic OH excluding ortho intramolecular Hbond substituents is 1. The summed E-state index contributed by atoms with van der Waals surface area (Å²) in [5.41, 5.74) is 3.20. The first kappa shape index (κ1) is 31.2. The number of Topliss-reactive ketones (excluding diaryl/α,β-unsaturated/α-hetero) is 1. The van der Waals surface area contributed by atoms with E-state index in [0.717, 1.165) is 33.1 Å². The van der Waals surface area contributed by atoms with E-state index < -0.39 is 12.2 Å². The van der Waals surface area contributed by atoms with Gasteiger partial charge in [-0.2, -0.15) is 0 Å². The minimum atomic E-state index is -0.723. The van der Waals surface area contributed by atoms with Crippen molar-refractivity contribution < 1.29 is 24.9 Å². The molecular weight excluding hydrogens is 604 g/mol. The van der Waals surface area contributed by atoms with Gasteiger partial charge in [0.1, 0.15) is 11.5 Å². The number of rotatable bonds is 14. The third-order valence-electron chi connectivity index (χ3n) is 7.68. The lowest BCUT2D eigenvalue weighted by Crippen LogP contribution is -2.25. The zero-order valence-corrected chi connectivity index (χ0v) is 25.7. The van der Waals surface area contributed by atoms with E-state index in [9.17, 15) is 24.9 Å². The maximum Gasteiger partial charge on any atom is 0.220 e. The Balaban J connectivity index is 1.14. The van der Waals surface area contributed by atoms with Crippen LogP contribution in [-0.2, 0) is 22.4 Å². The van der Waals surface area contributed by atoms with Crippen molar-refractivity contribution in [1.29, 1.82) is 0 Å². The number of allylic oxidation sites excluding steroid dienone is 2. The summed E-state index contributed by atoms with van der Waals surface area (Å²) >= 11 is 5.21. The average Bonchev–Trinajstić information content (AvgIpc) is 3.57. The van der Waals surface area contributed by atoms with Gasteiger partial charge in [0.2, 0.25) is 5.91 Å². The number of hydrogen-bond acceptors (Lipinski definition) is 6. The number of carbonyl (C=O) groups excluding carboxylic acids is 2. The molecule has 2 aromatic heterocycles. The topological polar surface area (TPSA) is 123 Å². The number of hydrogen-bond donors (Lipinski definition) is 5. The largest absolute Gasteiger partial charge is 0.508 e. The van der Waals surface area contributed by atoms with Crippen molar-refractivity contribution in [3.8, 4) is 5.75 Å². The van der Waals surface area contributed by atoms with E-state index in [-0.39, 0.29) is 35.7 Å². The van der Waals surface area contributed by atoms with Gasteiger partial charge < -0.3 is 25.6 Å². The highest BCUT2D eigenvalue weighted by Crippen LogP contribution is 2.34. The molecule has 3 aromatic rings. The first-order valence-electron chi connectivity index (χ1n) is 14.2. The van der Waals surface area contributed by atoms with Crippen molar-refractivity contribution in [2.75, 3.05) is 6.54 Å². The van der Waals surface area contributed by atoms with Gasteiger partial charge in [-0.15, -0.1) is 11.3 Å². The second-order valence-corrected chi connectivity index (χ2v) is 13.3. The zero-order valence-electron chi connectivity index (χ0n) is 23.3. The predicted octanol–water partition coefficient (Wildman–Crippen LogP) is 5.90. The number of fused-ring (bicyclic) bond motifs is 1. The van der Waals surface area contributed by atoms with E-state index >= 15 is 0 Å². The minimum Gasteiger partial charge on any atom is -0.508 e. The summed E-state index contributed by atoms with van der Waals surface area (Å²) in [5.74, 6) is -0.322. The molecule has 9 heteroatoms. The molecule has 1 saturated carbocycles. The Morgan fingerprint density at radius 1 is 1.27 bits per heavy atom. The van der Waals surface area contributed by atoms with E-state index in [4.69, 9.17) is 0 Å². The quantitative estimate of drug-likeness (QED) is 0.111. The molecule has 7 nitrogen and oxygen atoms in total. The number of aromatic amines is 1. The zero-order chi connectivity index (χ0) is 29.4. The van der Waals surface area contributed by atoms with E-state index in [1.807, 2.05) is 37.4 Å². The monoisotopic (exact) mass is 642 g/mol. The molecule has 41 heavy (non-hydrogen) atoms. The first-order chi connectivity index (χ1) is 19.7. The van der Waals surface area contributed by atoms with Crippen LogP contribution in [0.1, 0.15) is 54.5 Å². The number of halogens is 1. The summed E-state index contributed by atoms with van der Waals surface area (Å²) in [4.78, 5) is 29.1. The van der Waals surface area contributed by atoms with Crippen LogP contribution in [0, 0.1) is 18.8 Å². The van der Waals surface area contributed by atoms with Crippen molar-refractivity contribution in [3.63, 3.8) is 0 Å². The highest BCUT2D eigenvalue weighted by Gasteiger charge is 2.39. The summed E-state index contributed by atoms with van der Waals surface area (Å²) in [6.45, 7) is 2.58. The van der Waals surface area contributed by atoms with E-state index in [1.54, 1.807) is 29.5 Å². The molecule has 1 amide bonds.